The first-order chi connectivity index (χ1) is 16.5. The highest BCUT2D eigenvalue weighted by atomic mass is 19.1. The van der Waals surface area contributed by atoms with Crippen LogP contribution < -0.4 is 10.1 Å². The number of carbonyl (C=O) groups is 2. The molecule has 178 valence electrons. The summed E-state index contributed by atoms with van der Waals surface area (Å²) in [6.45, 7) is 4.05. The van der Waals surface area contributed by atoms with Crippen molar-refractivity contribution in [2.45, 2.75) is 39.3 Å². The van der Waals surface area contributed by atoms with E-state index in [1.54, 1.807) is 24.3 Å². The van der Waals surface area contributed by atoms with Gasteiger partial charge in [-0.25, -0.2) is 4.39 Å². The summed E-state index contributed by atoms with van der Waals surface area (Å²) in [7, 11) is 0. The lowest BCUT2D eigenvalue weighted by Crippen LogP contribution is -2.52. The Kier molecular flexibility index (Phi) is 9.21. The Bertz CT molecular complexity index is 1090. The third-order valence-corrected chi connectivity index (χ3v) is 5.56. The van der Waals surface area contributed by atoms with E-state index >= 15 is 0 Å². The van der Waals surface area contributed by atoms with Gasteiger partial charge in [-0.15, -0.1) is 0 Å². The van der Waals surface area contributed by atoms with Crippen LogP contribution in [0.1, 0.15) is 30.0 Å². The first-order valence-electron chi connectivity index (χ1n) is 11.5. The van der Waals surface area contributed by atoms with Gasteiger partial charge < -0.3 is 15.0 Å². The number of nitrogens with one attached hydrogen (secondary N) is 1. The maximum absolute atomic E-state index is 14.5. The average Bonchev–Trinajstić information content (AvgIpc) is 2.85. The van der Waals surface area contributed by atoms with E-state index in [1.165, 1.54) is 11.0 Å². The van der Waals surface area contributed by atoms with Crippen LogP contribution in [0.15, 0.2) is 78.9 Å². The number of aryl methyl sites for hydroxylation is 1. The van der Waals surface area contributed by atoms with Crippen LogP contribution >= 0.6 is 0 Å². The van der Waals surface area contributed by atoms with Gasteiger partial charge in [0.1, 0.15) is 17.6 Å². The lowest BCUT2D eigenvalue weighted by Gasteiger charge is -2.31. The lowest BCUT2D eigenvalue weighted by molar-refractivity contribution is -0.142. The van der Waals surface area contributed by atoms with E-state index in [-0.39, 0.29) is 25.0 Å². The number of hydrogen-bond acceptors (Lipinski definition) is 3. The molecule has 0 aliphatic heterocycles. The van der Waals surface area contributed by atoms with Crippen molar-refractivity contribution in [2.24, 2.45) is 0 Å². The highest BCUT2D eigenvalue weighted by Crippen LogP contribution is 2.19. The number of para-hydroxylation sites is 1. The number of rotatable bonds is 11. The number of nitrogens with zero attached hydrogens (tertiary/aromatic N) is 1. The van der Waals surface area contributed by atoms with E-state index in [4.69, 9.17) is 4.74 Å². The minimum atomic E-state index is -0.818. The Hall–Kier alpha value is -3.67. The molecule has 0 heterocycles. The zero-order valence-electron chi connectivity index (χ0n) is 19.7. The molecule has 0 aliphatic rings. The molecule has 3 aromatic carbocycles. The van der Waals surface area contributed by atoms with Gasteiger partial charge in [-0.05, 0) is 36.6 Å². The van der Waals surface area contributed by atoms with Gasteiger partial charge in [0.15, 0.2) is 6.61 Å². The summed E-state index contributed by atoms with van der Waals surface area (Å²) < 4.78 is 20.3. The standard InChI is InChI=1S/C28H31FN2O3/c1-3-17-30-28(33)25(18-22-12-5-4-6-13-22)31(19-23-14-8-9-15-24(23)29)27(32)20-34-26-16-10-7-11-21(26)2/h4-16,25H,3,17-20H2,1-2H3,(H,30,33)/t25-/m0/s1. The second-order valence-electron chi connectivity index (χ2n) is 8.16. The summed E-state index contributed by atoms with van der Waals surface area (Å²) in [5, 5.41) is 2.90. The van der Waals surface area contributed by atoms with Gasteiger partial charge in [-0.1, -0.05) is 73.7 Å². The highest BCUT2D eigenvalue weighted by Gasteiger charge is 2.31. The van der Waals surface area contributed by atoms with E-state index in [9.17, 15) is 14.0 Å². The van der Waals surface area contributed by atoms with Crippen molar-refractivity contribution in [3.05, 3.63) is 101 Å². The van der Waals surface area contributed by atoms with E-state index < -0.39 is 11.9 Å². The predicted molar refractivity (Wildman–Crippen MR) is 131 cm³/mol. The molecule has 0 spiro atoms. The van der Waals surface area contributed by atoms with Gasteiger partial charge in [0.05, 0.1) is 0 Å². The van der Waals surface area contributed by atoms with Crippen LogP contribution in [0.3, 0.4) is 0 Å². The normalized spacial score (nSPS) is 11.5. The summed E-state index contributed by atoms with van der Waals surface area (Å²) in [6.07, 6.45) is 1.07. The zero-order chi connectivity index (χ0) is 24.3. The van der Waals surface area contributed by atoms with Gasteiger partial charge in [-0.3, -0.25) is 9.59 Å². The molecule has 0 aliphatic carbocycles. The van der Waals surface area contributed by atoms with Gasteiger partial charge in [0.2, 0.25) is 5.91 Å². The quantitative estimate of drug-likeness (QED) is 0.450. The van der Waals surface area contributed by atoms with Crippen molar-refractivity contribution >= 4 is 11.8 Å². The first-order valence-corrected chi connectivity index (χ1v) is 11.5. The number of carbonyl (C=O) groups excluding carboxylic acids is 2. The third-order valence-electron chi connectivity index (χ3n) is 5.56. The molecule has 0 saturated carbocycles. The van der Waals surface area contributed by atoms with Crippen LogP contribution in [0.25, 0.3) is 0 Å². The maximum atomic E-state index is 14.5. The van der Waals surface area contributed by atoms with Crippen LogP contribution in [0, 0.1) is 12.7 Å². The summed E-state index contributed by atoms with van der Waals surface area (Å²) in [5.41, 5.74) is 2.15. The molecule has 6 heteroatoms. The van der Waals surface area contributed by atoms with Crippen molar-refractivity contribution in [1.82, 2.24) is 10.2 Å². The SMILES string of the molecule is CCCNC(=O)[C@H](Cc1ccccc1)N(Cc1ccccc1F)C(=O)COc1ccccc1C. The second kappa shape index (κ2) is 12.5. The number of amides is 2. The van der Waals surface area contributed by atoms with Crippen molar-refractivity contribution in [3.63, 3.8) is 0 Å². The van der Waals surface area contributed by atoms with Gasteiger partial charge in [0, 0.05) is 25.1 Å². The fraction of sp³-hybridized carbons (Fsp3) is 0.286. The molecule has 0 radical (unpaired) electrons. The number of halogens is 1. The summed E-state index contributed by atoms with van der Waals surface area (Å²) in [4.78, 5) is 28.1. The second-order valence-corrected chi connectivity index (χ2v) is 8.16. The van der Waals surface area contributed by atoms with Crippen molar-refractivity contribution in [3.8, 4) is 5.75 Å². The molecule has 0 fully saturated rings. The summed E-state index contributed by atoms with van der Waals surface area (Å²) in [5.74, 6) is -0.491. The molecule has 0 saturated heterocycles. The molecular weight excluding hydrogens is 431 g/mol. The molecule has 3 aromatic rings. The van der Waals surface area contributed by atoms with Gasteiger partial charge in [0.25, 0.3) is 5.91 Å². The average molecular weight is 463 g/mol. The molecule has 34 heavy (non-hydrogen) atoms. The van der Waals surface area contributed by atoms with Gasteiger partial charge >= 0.3 is 0 Å². The Labute approximate surface area is 200 Å². The summed E-state index contributed by atoms with van der Waals surface area (Å²) in [6, 6.07) is 22.4. The number of benzene rings is 3. The Balaban J connectivity index is 1.91. The minimum absolute atomic E-state index is 0.0420. The summed E-state index contributed by atoms with van der Waals surface area (Å²) >= 11 is 0. The molecule has 0 aromatic heterocycles. The molecule has 0 unspecified atom stereocenters. The fourth-order valence-electron chi connectivity index (χ4n) is 3.67. The topological polar surface area (TPSA) is 58.6 Å². The number of hydrogen-bond donors (Lipinski definition) is 1. The van der Waals surface area contributed by atoms with Gasteiger partial charge in [-0.2, -0.15) is 0 Å². The van der Waals surface area contributed by atoms with Crippen LogP contribution in [0.4, 0.5) is 4.39 Å². The molecule has 1 atom stereocenters. The molecular formula is C28H31FN2O3. The van der Waals surface area contributed by atoms with E-state index in [1.807, 2.05) is 62.4 Å². The van der Waals surface area contributed by atoms with Crippen LogP contribution in [0.2, 0.25) is 0 Å². The predicted octanol–water partition coefficient (Wildman–Crippen LogP) is 4.68. The third kappa shape index (κ3) is 6.91. The van der Waals surface area contributed by atoms with Crippen LogP contribution in [-0.2, 0) is 22.6 Å². The monoisotopic (exact) mass is 462 g/mol. The molecule has 1 N–H and O–H groups in total. The molecule has 3 rings (SSSR count). The Morgan fingerprint density at radius 2 is 1.65 bits per heavy atom. The number of ether oxygens (including phenoxy) is 1. The highest BCUT2D eigenvalue weighted by molar-refractivity contribution is 5.88. The van der Waals surface area contributed by atoms with Crippen molar-refractivity contribution in [2.75, 3.05) is 13.2 Å². The Morgan fingerprint density at radius 1 is 0.971 bits per heavy atom. The molecule has 0 bridgehead atoms. The smallest absolute Gasteiger partial charge is 0.261 e. The van der Waals surface area contributed by atoms with E-state index in [0.717, 1.165) is 17.5 Å². The van der Waals surface area contributed by atoms with Crippen LogP contribution in [-0.4, -0.2) is 35.9 Å². The largest absolute Gasteiger partial charge is 0.484 e. The lowest BCUT2D eigenvalue weighted by atomic mass is 10.0. The van der Waals surface area contributed by atoms with Crippen molar-refractivity contribution < 1.29 is 18.7 Å². The minimum Gasteiger partial charge on any atom is -0.484 e. The maximum Gasteiger partial charge on any atom is 0.261 e. The molecule has 2 amide bonds. The zero-order valence-corrected chi connectivity index (χ0v) is 19.7. The Morgan fingerprint density at radius 3 is 2.35 bits per heavy atom. The molecule has 5 nitrogen and oxygen atoms in total. The van der Waals surface area contributed by atoms with Crippen LogP contribution in [0.5, 0.6) is 5.75 Å². The van der Waals surface area contributed by atoms with E-state index in [0.29, 0.717) is 24.3 Å². The first kappa shape index (κ1) is 25.0. The van der Waals surface area contributed by atoms with E-state index in [2.05, 4.69) is 5.32 Å². The van der Waals surface area contributed by atoms with Crippen molar-refractivity contribution in [1.29, 1.82) is 0 Å². The fourth-order valence-corrected chi connectivity index (χ4v) is 3.67.